The van der Waals surface area contributed by atoms with E-state index >= 15 is 0 Å². The van der Waals surface area contributed by atoms with Crippen LogP contribution in [-0.4, -0.2) is 0 Å². The first-order chi connectivity index (χ1) is 26.2. The van der Waals surface area contributed by atoms with Gasteiger partial charge in [0.05, 0.1) is 0 Å². The lowest BCUT2D eigenvalue weighted by Crippen LogP contribution is -2.09. The minimum Gasteiger partial charge on any atom is -0.456 e. The molecule has 3 aromatic heterocycles. The summed E-state index contributed by atoms with van der Waals surface area (Å²) in [6.45, 7) is 0. The van der Waals surface area contributed by atoms with Crippen molar-refractivity contribution >= 4 is 82.9 Å². The third-order valence-corrected chi connectivity index (χ3v) is 10.3. The summed E-state index contributed by atoms with van der Waals surface area (Å²) in [5.41, 5.74) is 11.4. The summed E-state index contributed by atoms with van der Waals surface area (Å²) in [5.74, 6) is -0.294. The molecule has 0 saturated carbocycles. The fraction of sp³-hybridized carbons (Fsp3) is 0. The molecular formula is C48H28FNO3. The second-order valence-electron chi connectivity index (χ2n) is 13.4. The van der Waals surface area contributed by atoms with Crippen molar-refractivity contribution in [2.75, 3.05) is 4.90 Å². The van der Waals surface area contributed by atoms with Gasteiger partial charge < -0.3 is 18.2 Å². The van der Waals surface area contributed by atoms with Crippen LogP contribution in [0, 0.1) is 5.82 Å². The van der Waals surface area contributed by atoms with Crippen LogP contribution in [0.15, 0.2) is 183 Å². The average Bonchev–Trinajstić information content (AvgIpc) is 3.89. The van der Waals surface area contributed by atoms with Gasteiger partial charge in [0.1, 0.15) is 39.3 Å². The summed E-state index contributed by atoms with van der Waals surface area (Å²) >= 11 is 0. The molecule has 0 fully saturated rings. The molecule has 250 valence electrons. The zero-order valence-electron chi connectivity index (χ0n) is 28.2. The predicted molar refractivity (Wildman–Crippen MR) is 214 cm³/mol. The van der Waals surface area contributed by atoms with Crippen molar-refractivity contribution in [2.24, 2.45) is 0 Å². The standard InChI is InChI=1S/C48H28FNO3/c49-30-10-6-13-32(27-30)50(31-11-2-1-3-12-31)33-23-25-37-38-16-7-17-39(47(38)53-45(37)28-33)40-18-8-19-41-46-34(15-9-21-43(46)52-48(40)41)29-22-24-36-35-14-4-5-20-42(35)51-44(36)26-29/h1-28H. The fourth-order valence-electron chi connectivity index (χ4n) is 7.97. The lowest BCUT2D eigenvalue weighted by molar-refractivity contribution is 0.628. The van der Waals surface area contributed by atoms with Crippen LogP contribution in [0.1, 0.15) is 0 Å². The number of fused-ring (bicyclic) bond motifs is 9. The minimum absolute atomic E-state index is 0.294. The Labute approximate surface area is 302 Å². The maximum atomic E-state index is 14.5. The second-order valence-corrected chi connectivity index (χ2v) is 13.4. The molecule has 0 saturated heterocycles. The molecule has 0 aliphatic carbocycles. The molecule has 0 atom stereocenters. The molecule has 4 nitrogen and oxygen atoms in total. The van der Waals surface area contributed by atoms with Gasteiger partial charge in [-0.3, -0.25) is 0 Å². The van der Waals surface area contributed by atoms with E-state index in [1.165, 1.54) is 6.07 Å². The molecule has 0 radical (unpaired) electrons. The molecular weight excluding hydrogens is 658 g/mol. The third kappa shape index (κ3) is 4.61. The summed E-state index contributed by atoms with van der Waals surface area (Å²) in [5, 5.41) is 6.30. The molecule has 0 amide bonds. The van der Waals surface area contributed by atoms with Crippen molar-refractivity contribution in [3.05, 3.63) is 176 Å². The molecule has 0 aliphatic heterocycles. The first kappa shape index (κ1) is 29.6. The number of para-hydroxylation sites is 4. The fourth-order valence-corrected chi connectivity index (χ4v) is 7.97. The highest BCUT2D eigenvalue weighted by Gasteiger charge is 2.21. The number of hydrogen-bond acceptors (Lipinski definition) is 4. The van der Waals surface area contributed by atoms with Crippen LogP contribution in [0.25, 0.3) is 88.1 Å². The van der Waals surface area contributed by atoms with Crippen LogP contribution < -0.4 is 4.90 Å². The molecule has 11 rings (SSSR count). The van der Waals surface area contributed by atoms with Gasteiger partial charge in [-0.15, -0.1) is 0 Å². The first-order valence-electron chi connectivity index (χ1n) is 17.6. The molecule has 11 aromatic rings. The van der Waals surface area contributed by atoms with Gasteiger partial charge in [-0.1, -0.05) is 97.1 Å². The molecule has 0 bridgehead atoms. The van der Waals surface area contributed by atoms with Crippen molar-refractivity contribution in [1.29, 1.82) is 0 Å². The second kappa shape index (κ2) is 11.5. The minimum atomic E-state index is -0.294. The maximum Gasteiger partial charge on any atom is 0.143 e. The predicted octanol–water partition coefficient (Wildman–Crippen LogP) is 14.3. The van der Waals surface area contributed by atoms with Crippen molar-refractivity contribution in [3.63, 3.8) is 0 Å². The Balaban J connectivity index is 1.07. The molecule has 3 heterocycles. The largest absolute Gasteiger partial charge is 0.456 e. The zero-order chi connectivity index (χ0) is 35.0. The number of benzene rings is 8. The quantitative estimate of drug-likeness (QED) is 0.181. The van der Waals surface area contributed by atoms with Gasteiger partial charge in [0, 0.05) is 66.6 Å². The smallest absolute Gasteiger partial charge is 0.143 e. The van der Waals surface area contributed by atoms with Crippen LogP contribution in [0.2, 0.25) is 0 Å². The summed E-state index contributed by atoms with van der Waals surface area (Å²) < 4.78 is 34.2. The van der Waals surface area contributed by atoms with Gasteiger partial charge in [0.15, 0.2) is 0 Å². The number of halogens is 1. The van der Waals surface area contributed by atoms with Crippen molar-refractivity contribution in [2.45, 2.75) is 0 Å². The van der Waals surface area contributed by atoms with E-state index in [0.29, 0.717) is 0 Å². The number of furan rings is 3. The Bertz CT molecular complexity index is 3210. The summed E-state index contributed by atoms with van der Waals surface area (Å²) in [4.78, 5) is 2.04. The molecule has 0 spiro atoms. The van der Waals surface area contributed by atoms with Crippen molar-refractivity contribution < 1.29 is 17.6 Å². The molecule has 8 aromatic carbocycles. The van der Waals surface area contributed by atoms with Gasteiger partial charge in [0.2, 0.25) is 0 Å². The monoisotopic (exact) mass is 685 g/mol. The van der Waals surface area contributed by atoms with Crippen LogP contribution >= 0.6 is 0 Å². The Morgan fingerprint density at radius 3 is 1.81 bits per heavy atom. The third-order valence-electron chi connectivity index (χ3n) is 10.3. The number of nitrogens with zero attached hydrogens (tertiary/aromatic N) is 1. The van der Waals surface area contributed by atoms with Crippen LogP contribution in [0.3, 0.4) is 0 Å². The van der Waals surface area contributed by atoms with Crippen LogP contribution in [-0.2, 0) is 0 Å². The SMILES string of the molecule is Fc1cccc(N(c2ccccc2)c2ccc3c(c2)oc2c(-c4cccc5c4oc4cccc(-c6ccc7c(c6)oc6ccccc67)c45)cccc23)c1. The highest BCUT2D eigenvalue weighted by atomic mass is 19.1. The summed E-state index contributed by atoms with van der Waals surface area (Å²) in [6.07, 6.45) is 0. The van der Waals surface area contributed by atoms with E-state index in [0.717, 1.165) is 105 Å². The van der Waals surface area contributed by atoms with E-state index in [1.54, 1.807) is 12.1 Å². The molecule has 5 heteroatoms. The first-order valence-corrected chi connectivity index (χ1v) is 17.6. The lowest BCUT2D eigenvalue weighted by atomic mass is 9.96. The van der Waals surface area contributed by atoms with Gasteiger partial charge >= 0.3 is 0 Å². The van der Waals surface area contributed by atoms with E-state index in [9.17, 15) is 4.39 Å². The van der Waals surface area contributed by atoms with E-state index in [2.05, 4.69) is 78.9 Å². The van der Waals surface area contributed by atoms with E-state index in [-0.39, 0.29) is 5.82 Å². The number of rotatable bonds is 5. The van der Waals surface area contributed by atoms with Gasteiger partial charge in [-0.05, 0) is 77.9 Å². The maximum absolute atomic E-state index is 14.5. The van der Waals surface area contributed by atoms with Gasteiger partial charge in [-0.25, -0.2) is 4.39 Å². The molecule has 0 unspecified atom stereocenters. The Morgan fingerprint density at radius 1 is 0.358 bits per heavy atom. The molecule has 53 heavy (non-hydrogen) atoms. The van der Waals surface area contributed by atoms with Crippen LogP contribution in [0.4, 0.5) is 21.5 Å². The Morgan fingerprint density at radius 2 is 0.943 bits per heavy atom. The zero-order valence-corrected chi connectivity index (χ0v) is 28.2. The lowest BCUT2D eigenvalue weighted by Gasteiger charge is -2.25. The normalized spacial score (nSPS) is 11.9. The van der Waals surface area contributed by atoms with Gasteiger partial charge in [-0.2, -0.15) is 0 Å². The van der Waals surface area contributed by atoms with E-state index in [4.69, 9.17) is 13.3 Å². The van der Waals surface area contributed by atoms with Crippen molar-refractivity contribution in [1.82, 2.24) is 0 Å². The molecule has 0 N–H and O–H groups in total. The van der Waals surface area contributed by atoms with Gasteiger partial charge in [0.25, 0.3) is 0 Å². The van der Waals surface area contributed by atoms with E-state index < -0.39 is 0 Å². The number of anilines is 3. The highest BCUT2D eigenvalue weighted by molar-refractivity contribution is 6.18. The van der Waals surface area contributed by atoms with Crippen molar-refractivity contribution in [3.8, 4) is 22.3 Å². The van der Waals surface area contributed by atoms with E-state index in [1.807, 2.05) is 77.7 Å². The highest BCUT2D eigenvalue weighted by Crippen LogP contribution is 2.45. The summed E-state index contributed by atoms with van der Waals surface area (Å²) in [6, 6.07) is 56.2. The Hall–Kier alpha value is -7.11. The average molecular weight is 686 g/mol. The number of hydrogen-bond donors (Lipinski definition) is 0. The summed E-state index contributed by atoms with van der Waals surface area (Å²) in [7, 11) is 0. The molecule has 0 aliphatic rings. The van der Waals surface area contributed by atoms with Crippen LogP contribution in [0.5, 0.6) is 0 Å². The topological polar surface area (TPSA) is 42.7 Å². The Kier molecular flexibility index (Phi) is 6.40.